The average molecular weight is 290 g/mol. The predicted molar refractivity (Wildman–Crippen MR) is 78.1 cm³/mol. The number of halogens is 1. The highest BCUT2D eigenvalue weighted by atomic mass is 19.1. The number of H-pyrrole nitrogens is 1. The van der Waals surface area contributed by atoms with Crippen molar-refractivity contribution in [2.75, 3.05) is 19.6 Å². The molecule has 2 N–H and O–H groups in total. The number of carbonyl (C=O) groups excluding carboxylic acids is 1. The van der Waals surface area contributed by atoms with Gasteiger partial charge in [-0.15, -0.1) is 0 Å². The Morgan fingerprint density at radius 2 is 2.43 bits per heavy atom. The maximum Gasteiger partial charge on any atom is 0.234 e. The van der Waals surface area contributed by atoms with E-state index in [1.54, 1.807) is 6.07 Å². The number of nitrogens with one attached hydrogen (secondary N) is 2. The molecule has 5 nitrogen and oxygen atoms in total. The summed E-state index contributed by atoms with van der Waals surface area (Å²) in [4.78, 5) is 21.4. The van der Waals surface area contributed by atoms with Gasteiger partial charge in [0.2, 0.25) is 5.91 Å². The Balaban J connectivity index is 1.54. The monoisotopic (exact) mass is 290 g/mol. The first-order valence-corrected chi connectivity index (χ1v) is 7.23. The van der Waals surface area contributed by atoms with Crippen LogP contribution in [0.3, 0.4) is 0 Å². The fourth-order valence-corrected chi connectivity index (χ4v) is 2.73. The summed E-state index contributed by atoms with van der Waals surface area (Å²) in [5, 5.41) is 2.85. The zero-order valence-corrected chi connectivity index (χ0v) is 12.0. The molecule has 112 valence electrons. The molecule has 1 atom stereocenters. The van der Waals surface area contributed by atoms with E-state index in [4.69, 9.17) is 0 Å². The van der Waals surface area contributed by atoms with Crippen molar-refractivity contribution in [3.8, 4) is 0 Å². The van der Waals surface area contributed by atoms with Crippen LogP contribution in [0.1, 0.15) is 19.2 Å². The number of aromatic nitrogens is 2. The Morgan fingerprint density at radius 1 is 1.57 bits per heavy atom. The molecule has 1 aliphatic heterocycles. The predicted octanol–water partition coefficient (Wildman–Crippen LogP) is 1.66. The zero-order valence-electron chi connectivity index (χ0n) is 12.0. The highest BCUT2D eigenvalue weighted by Gasteiger charge is 2.20. The lowest BCUT2D eigenvalue weighted by atomic mass is 10.2. The van der Waals surface area contributed by atoms with Crippen molar-refractivity contribution < 1.29 is 9.18 Å². The quantitative estimate of drug-likeness (QED) is 0.900. The summed E-state index contributed by atoms with van der Waals surface area (Å²) in [6.45, 7) is 4.93. The van der Waals surface area contributed by atoms with E-state index in [1.165, 1.54) is 12.1 Å². The summed E-state index contributed by atoms with van der Waals surface area (Å²) in [7, 11) is 0. The van der Waals surface area contributed by atoms with Crippen LogP contribution in [0.5, 0.6) is 0 Å². The maximum absolute atomic E-state index is 13.1. The molecule has 0 aliphatic carbocycles. The highest BCUT2D eigenvalue weighted by molar-refractivity contribution is 5.78. The molecule has 0 bridgehead atoms. The van der Waals surface area contributed by atoms with Gasteiger partial charge in [-0.3, -0.25) is 9.69 Å². The summed E-state index contributed by atoms with van der Waals surface area (Å²) < 4.78 is 13.1. The van der Waals surface area contributed by atoms with Crippen molar-refractivity contribution in [2.24, 2.45) is 5.92 Å². The normalized spacial score (nSPS) is 19.2. The van der Waals surface area contributed by atoms with Crippen molar-refractivity contribution in [3.63, 3.8) is 0 Å². The topological polar surface area (TPSA) is 61.0 Å². The van der Waals surface area contributed by atoms with Crippen LogP contribution < -0.4 is 5.32 Å². The number of hydrogen-bond acceptors (Lipinski definition) is 3. The second-order valence-electron chi connectivity index (χ2n) is 5.75. The number of aromatic amines is 1. The molecule has 0 radical (unpaired) electrons. The lowest BCUT2D eigenvalue weighted by Crippen LogP contribution is -2.35. The van der Waals surface area contributed by atoms with Gasteiger partial charge in [-0.05, 0) is 37.1 Å². The van der Waals surface area contributed by atoms with Gasteiger partial charge in [0.15, 0.2) is 0 Å². The largest absolute Gasteiger partial charge is 0.348 e. The molecule has 1 fully saturated rings. The van der Waals surface area contributed by atoms with Gasteiger partial charge in [-0.1, -0.05) is 6.92 Å². The van der Waals surface area contributed by atoms with Crippen LogP contribution in [-0.2, 0) is 11.3 Å². The highest BCUT2D eigenvalue weighted by Crippen LogP contribution is 2.14. The molecule has 1 aromatic heterocycles. The van der Waals surface area contributed by atoms with E-state index in [1.807, 2.05) is 0 Å². The molecule has 1 unspecified atom stereocenters. The molecule has 1 aliphatic rings. The van der Waals surface area contributed by atoms with Crippen molar-refractivity contribution in [1.82, 2.24) is 20.2 Å². The molecule has 6 heteroatoms. The fourth-order valence-electron chi connectivity index (χ4n) is 2.73. The summed E-state index contributed by atoms with van der Waals surface area (Å²) in [5.74, 6) is 1.00. The maximum atomic E-state index is 13.1. The molecule has 2 heterocycles. The van der Waals surface area contributed by atoms with Crippen molar-refractivity contribution in [2.45, 2.75) is 19.9 Å². The summed E-state index contributed by atoms with van der Waals surface area (Å²) in [6.07, 6.45) is 1.16. The molecule has 21 heavy (non-hydrogen) atoms. The number of nitrogens with zero attached hydrogens (tertiary/aromatic N) is 2. The van der Waals surface area contributed by atoms with Crippen molar-refractivity contribution in [3.05, 3.63) is 29.8 Å². The number of hydrogen-bond donors (Lipinski definition) is 2. The number of rotatable bonds is 4. The van der Waals surface area contributed by atoms with Gasteiger partial charge in [-0.25, -0.2) is 9.37 Å². The number of likely N-dealkylation sites (tertiary alicyclic amines) is 1. The molecule has 0 spiro atoms. The Labute approximate surface area is 122 Å². The van der Waals surface area contributed by atoms with E-state index in [0.29, 0.717) is 35.9 Å². The Bertz CT molecular complexity index is 654. The van der Waals surface area contributed by atoms with Gasteiger partial charge in [0.1, 0.15) is 11.6 Å². The number of fused-ring (bicyclic) bond motifs is 1. The lowest BCUT2D eigenvalue weighted by molar-refractivity contribution is -0.122. The van der Waals surface area contributed by atoms with Gasteiger partial charge in [-0.2, -0.15) is 0 Å². The van der Waals surface area contributed by atoms with Gasteiger partial charge < -0.3 is 10.3 Å². The van der Waals surface area contributed by atoms with Crippen molar-refractivity contribution >= 4 is 16.9 Å². The number of benzene rings is 1. The second kappa shape index (κ2) is 5.81. The van der Waals surface area contributed by atoms with Gasteiger partial charge >= 0.3 is 0 Å². The first-order chi connectivity index (χ1) is 10.1. The molecule has 2 aromatic rings. The third-order valence-electron chi connectivity index (χ3n) is 3.82. The van der Waals surface area contributed by atoms with E-state index in [9.17, 15) is 9.18 Å². The molecule has 1 amide bonds. The Morgan fingerprint density at radius 3 is 3.19 bits per heavy atom. The van der Waals surface area contributed by atoms with Crippen LogP contribution in [0.4, 0.5) is 4.39 Å². The van der Waals surface area contributed by atoms with Crippen LogP contribution in [-0.4, -0.2) is 40.4 Å². The standard InChI is InChI=1S/C15H19FN4O/c1-10-4-5-20(8-10)9-15(21)17-7-14-18-12-3-2-11(16)6-13(12)19-14/h2-3,6,10H,4-5,7-9H2,1H3,(H,17,21)(H,18,19). The first kappa shape index (κ1) is 14.0. The van der Waals surface area contributed by atoms with Gasteiger partial charge in [0, 0.05) is 6.54 Å². The van der Waals surface area contributed by atoms with E-state index >= 15 is 0 Å². The Hall–Kier alpha value is -1.95. The smallest absolute Gasteiger partial charge is 0.234 e. The minimum Gasteiger partial charge on any atom is -0.348 e. The third-order valence-corrected chi connectivity index (χ3v) is 3.82. The van der Waals surface area contributed by atoms with Crippen molar-refractivity contribution in [1.29, 1.82) is 0 Å². The number of imidazole rings is 1. The first-order valence-electron chi connectivity index (χ1n) is 7.23. The van der Waals surface area contributed by atoms with E-state index in [0.717, 1.165) is 19.5 Å². The Kier molecular flexibility index (Phi) is 3.88. The number of amides is 1. The minimum atomic E-state index is -0.301. The zero-order chi connectivity index (χ0) is 14.8. The van der Waals surface area contributed by atoms with Gasteiger partial charge in [0.05, 0.1) is 24.1 Å². The SMILES string of the molecule is CC1CCN(CC(=O)NCc2nc3ccc(F)cc3[nH]2)C1. The van der Waals surface area contributed by atoms with Crippen LogP contribution in [0.15, 0.2) is 18.2 Å². The van der Waals surface area contributed by atoms with Crippen LogP contribution in [0.25, 0.3) is 11.0 Å². The lowest BCUT2D eigenvalue weighted by Gasteiger charge is -2.14. The molecule has 1 saturated heterocycles. The molecule has 3 rings (SSSR count). The van der Waals surface area contributed by atoms with Crippen LogP contribution >= 0.6 is 0 Å². The van der Waals surface area contributed by atoms with Gasteiger partial charge in [0.25, 0.3) is 0 Å². The molecular formula is C15H19FN4O. The molecule has 0 saturated carbocycles. The van der Waals surface area contributed by atoms with E-state index in [-0.39, 0.29) is 11.7 Å². The van der Waals surface area contributed by atoms with Crippen LogP contribution in [0.2, 0.25) is 0 Å². The fraction of sp³-hybridized carbons (Fsp3) is 0.467. The summed E-state index contributed by atoms with van der Waals surface area (Å²) in [5.41, 5.74) is 1.35. The van der Waals surface area contributed by atoms with E-state index < -0.39 is 0 Å². The summed E-state index contributed by atoms with van der Waals surface area (Å²) in [6, 6.07) is 4.40. The average Bonchev–Trinajstić information content (AvgIpc) is 3.02. The molecular weight excluding hydrogens is 271 g/mol. The summed E-state index contributed by atoms with van der Waals surface area (Å²) >= 11 is 0. The van der Waals surface area contributed by atoms with Crippen LogP contribution in [0, 0.1) is 11.7 Å². The second-order valence-corrected chi connectivity index (χ2v) is 5.75. The van der Waals surface area contributed by atoms with E-state index in [2.05, 4.69) is 27.1 Å². The number of carbonyl (C=O) groups is 1. The third kappa shape index (κ3) is 3.39. The molecule has 1 aromatic carbocycles. The minimum absolute atomic E-state index is 0.00395.